The molecule has 1 aromatic rings. The molecule has 0 radical (unpaired) electrons. The van der Waals surface area contributed by atoms with Gasteiger partial charge in [0.05, 0.1) is 5.41 Å². The van der Waals surface area contributed by atoms with Crippen LogP contribution in [-0.4, -0.2) is 61.9 Å². The first-order valence-corrected chi connectivity index (χ1v) is 4.79. The molecule has 0 saturated carbocycles. The van der Waals surface area contributed by atoms with Crippen LogP contribution < -0.4 is 0 Å². The van der Waals surface area contributed by atoms with Gasteiger partial charge in [-0.25, -0.2) is 0 Å². The standard InChI is InChI=1S/C8H8O3S.Ba.2H/c9-12(10,11)7-6-8-4-2-1-3-5-8;;;/h1-7H,(H,9,10,11);;;. The molecular formula is C8H10BaO3S. The van der Waals surface area contributed by atoms with Crippen molar-refractivity contribution in [3.05, 3.63) is 41.3 Å². The quantitative estimate of drug-likeness (QED) is 0.641. The molecule has 0 spiro atoms. The van der Waals surface area contributed by atoms with E-state index in [9.17, 15) is 8.42 Å². The van der Waals surface area contributed by atoms with Gasteiger partial charge in [0.1, 0.15) is 0 Å². The number of hydrogen-bond donors (Lipinski definition) is 1. The first-order chi connectivity index (χ1) is 5.58. The molecule has 0 aliphatic carbocycles. The zero-order valence-corrected chi connectivity index (χ0v) is 7.03. The Morgan fingerprint density at radius 1 is 1.15 bits per heavy atom. The SMILES string of the molecule is O=S(=O)(O)C=Cc1ccccc1.[BaH2]. The Morgan fingerprint density at radius 2 is 1.69 bits per heavy atom. The zero-order chi connectivity index (χ0) is 9.03. The predicted molar refractivity (Wildman–Crippen MR) is 55.6 cm³/mol. The summed E-state index contributed by atoms with van der Waals surface area (Å²) >= 11 is 0. The van der Waals surface area contributed by atoms with Crippen molar-refractivity contribution >= 4 is 65.1 Å². The van der Waals surface area contributed by atoms with E-state index in [1.165, 1.54) is 6.08 Å². The fraction of sp³-hybridized carbons (Fsp3) is 0. The van der Waals surface area contributed by atoms with Gasteiger partial charge in [-0.2, -0.15) is 8.42 Å². The molecular weight excluding hydrogens is 313 g/mol. The first-order valence-electron chi connectivity index (χ1n) is 3.28. The molecule has 0 unspecified atom stereocenters. The average molecular weight is 324 g/mol. The van der Waals surface area contributed by atoms with Gasteiger partial charge in [0, 0.05) is 0 Å². The van der Waals surface area contributed by atoms with Crippen LogP contribution in [0.15, 0.2) is 35.7 Å². The van der Waals surface area contributed by atoms with E-state index in [0.717, 1.165) is 11.0 Å². The second-order valence-corrected chi connectivity index (χ2v) is 3.53. The van der Waals surface area contributed by atoms with Gasteiger partial charge in [-0.05, 0) is 11.6 Å². The van der Waals surface area contributed by atoms with E-state index in [2.05, 4.69) is 0 Å². The molecule has 1 aromatic carbocycles. The molecule has 0 aliphatic rings. The van der Waals surface area contributed by atoms with Crippen molar-refractivity contribution in [3.63, 3.8) is 0 Å². The summed E-state index contributed by atoms with van der Waals surface area (Å²) in [5, 5.41) is 0.752. The van der Waals surface area contributed by atoms with E-state index in [-0.39, 0.29) is 48.9 Å². The summed E-state index contributed by atoms with van der Waals surface area (Å²) < 4.78 is 28.9. The minimum atomic E-state index is -4.00. The van der Waals surface area contributed by atoms with Gasteiger partial charge >= 0.3 is 48.9 Å². The van der Waals surface area contributed by atoms with Crippen molar-refractivity contribution in [2.45, 2.75) is 0 Å². The minimum absolute atomic E-state index is 0. The summed E-state index contributed by atoms with van der Waals surface area (Å²) in [5.41, 5.74) is 0.732. The third-order valence-corrected chi connectivity index (χ3v) is 1.71. The third kappa shape index (κ3) is 6.50. The summed E-state index contributed by atoms with van der Waals surface area (Å²) in [6.45, 7) is 0. The van der Waals surface area contributed by atoms with E-state index in [0.29, 0.717) is 0 Å². The summed E-state index contributed by atoms with van der Waals surface area (Å²) in [7, 11) is -4.00. The van der Waals surface area contributed by atoms with E-state index < -0.39 is 10.1 Å². The van der Waals surface area contributed by atoms with Crippen LogP contribution in [0.4, 0.5) is 0 Å². The van der Waals surface area contributed by atoms with Gasteiger partial charge in [0.15, 0.2) is 0 Å². The first kappa shape index (κ1) is 13.4. The molecule has 0 bridgehead atoms. The Morgan fingerprint density at radius 3 is 2.15 bits per heavy atom. The molecule has 0 saturated heterocycles. The van der Waals surface area contributed by atoms with Gasteiger partial charge < -0.3 is 0 Å². The summed E-state index contributed by atoms with van der Waals surface area (Å²) in [6, 6.07) is 8.86. The summed E-state index contributed by atoms with van der Waals surface area (Å²) in [4.78, 5) is 0. The van der Waals surface area contributed by atoms with E-state index in [1.54, 1.807) is 24.3 Å². The molecule has 0 atom stereocenters. The van der Waals surface area contributed by atoms with Crippen LogP contribution in [-0.2, 0) is 10.1 Å². The molecule has 1 rings (SSSR count). The normalized spacial score (nSPS) is 11.2. The Kier molecular flexibility index (Phi) is 6.23. The van der Waals surface area contributed by atoms with E-state index in [1.807, 2.05) is 6.07 Å². The van der Waals surface area contributed by atoms with Crippen molar-refractivity contribution < 1.29 is 13.0 Å². The second-order valence-electron chi connectivity index (χ2n) is 2.23. The summed E-state index contributed by atoms with van der Waals surface area (Å²) in [5.74, 6) is 0. The fourth-order valence-corrected chi connectivity index (χ4v) is 1.06. The van der Waals surface area contributed by atoms with Crippen molar-refractivity contribution in [3.8, 4) is 0 Å². The molecule has 13 heavy (non-hydrogen) atoms. The predicted octanol–water partition coefficient (Wildman–Crippen LogP) is 0.629. The van der Waals surface area contributed by atoms with Crippen molar-refractivity contribution in [2.24, 2.45) is 0 Å². The van der Waals surface area contributed by atoms with Crippen molar-refractivity contribution in [1.29, 1.82) is 0 Å². The van der Waals surface area contributed by atoms with Crippen LogP contribution in [0.3, 0.4) is 0 Å². The van der Waals surface area contributed by atoms with Gasteiger partial charge in [-0.15, -0.1) is 0 Å². The van der Waals surface area contributed by atoms with E-state index in [4.69, 9.17) is 4.55 Å². The average Bonchev–Trinajstić information content (AvgIpc) is 2.02. The number of benzene rings is 1. The van der Waals surface area contributed by atoms with Crippen LogP contribution in [0.1, 0.15) is 5.56 Å². The maximum atomic E-state index is 10.3. The second kappa shape index (κ2) is 6.02. The molecule has 68 valence electrons. The van der Waals surface area contributed by atoms with Gasteiger partial charge in [-0.1, -0.05) is 30.3 Å². The van der Waals surface area contributed by atoms with Crippen LogP contribution >= 0.6 is 0 Å². The zero-order valence-electron chi connectivity index (χ0n) is 6.21. The molecule has 5 heteroatoms. The topological polar surface area (TPSA) is 54.4 Å². The Labute approximate surface area is 118 Å². The van der Waals surface area contributed by atoms with Crippen LogP contribution in [0.5, 0.6) is 0 Å². The maximum absolute atomic E-state index is 10.3. The van der Waals surface area contributed by atoms with Crippen LogP contribution in [0, 0.1) is 0 Å². The molecule has 0 aromatic heterocycles. The van der Waals surface area contributed by atoms with Crippen molar-refractivity contribution in [2.75, 3.05) is 0 Å². The van der Waals surface area contributed by atoms with E-state index >= 15 is 0 Å². The fourth-order valence-electron chi connectivity index (χ4n) is 0.729. The number of hydrogen-bond acceptors (Lipinski definition) is 2. The Balaban J connectivity index is 0.00000144. The molecule has 0 aliphatic heterocycles. The Bertz CT molecular complexity index is 370. The molecule has 0 amide bonds. The molecule has 1 N–H and O–H groups in total. The number of rotatable bonds is 2. The molecule has 3 nitrogen and oxygen atoms in total. The molecule has 0 fully saturated rings. The monoisotopic (exact) mass is 324 g/mol. The Hall–Kier alpha value is 0.441. The summed E-state index contributed by atoms with van der Waals surface area (Å²) in [6.07, 6.45) is 1.33. The van der Waals surface area contributed by atoms with Crippen molar-refractivity contribution in [1.82, 2.24) is 0 Å². The van der Waals surface area contributed by atoms with Gasteiger partial charge in [0.25, 0.3) is 10.1 Å². The van der Waals surface area contributed by atoms with Gasteiger partial charge in [-0.3, -0.25) is 4.55 Å². The van der Waals surface area contributed by atoms with Crippen LogP contribution in [0.2, 0.25) is 0 Å². The van der Waals surface area contributed by atoms with Gasteiger partial charge in [0.2, 0.25) is 0 Å². The molecule has 0 heterocycles. The van der Waals surface area contributed by atoms with Crippen LogP contribution in [0.25, 0.3) is 6.08 Å². The third-order valence-electron chi connectivity index (χ3n) is 1.23.